The van der Waals surface area contributed by atoms with Gasteiger partial charge in [-0.05, 0) is 54.7 Å². The molecule has 0 saturated carbocycles. The van der Waals surface area contributed by atoms with Gasteiger partial charge in [0.05, 0.1) is 5.56 Å². The van der Waals surface area contributed by atoms with Crippen molar-refractivity contribution in [1.29, 1.82) is 0 Å². The molecule has 0 aromatic carbocycles. The molecule has 0 aliphatic heterocycles. The van der Waals surface area contributed by atoms with E-state index in [9.17, 15) is 14.4 Å². The average molecular weight is 393 g/mol. The molecule has 1 aliphatic carbocycles. The van der Waals surface area contributed by atoms with Gasteiger partial charge in [0, 0.05) is 4.88 Å². The van der Waals surface area contributed by atoms with Gasteiger partial charge in [-0.15, -0.1) is 22.7 Å². The molecule has 26 heavy (non-hydrogen) atoms. The Bertz CT molecular complexity index is 869. The van der Waals surface area contributed by atoms with Gasteiger partial charge >= 0.3 is 5.97 Å². The number of thiophene rings is 2. The van der Waals surface area contributed by atoms with Gasteiger partial charge in [-0.2, -0.15) is 0 Å². The molecule has 1 atom stereocenters. The van der Waals surface area contributed by atoms with Crippen LogP contribution >= 0.6 is 22.7 Å². The van der Waals surface area contributed by atoms with E-state index in [0.29, 0.717) is 21.4 Å². The zero-order valence-corrected chi connectivity index (χ0v) is 16.2. The van der Waals surface area contributed by atoms with E-state index in [0.717, 1.165) is 35.3 Å². The van der Waals surface area contributed by atoms with Crippen molar-refractivity contribution in [2.24, 2.45) is 11.7 Å². The van der Waals surface area contributed by atoms with Gasteiger partial charge in [0.15, 0.2) is 6.61 Å². The Morgan fingerprint density at radius 3 is 2.81 bits per heavy atom. The van der Waals surface area contributed by atoms with Crippen molar-refractivity contribution >= 4 is 45.5 Å². The number of fused-ring (bicyclic) bond motifs is 1. The Morgan fingerprint density at radius 1 is 1.38 bits per heavy atom. The lowest BCUT2D eigenvalue weighted by atomic mass is 9.88. The first-order valence-corrected chi connectivity index (χ1v) is 10.0. The maximum atomic E-state index is 12.2. The van der Waals surface area contributed by atoms with E-state index in [2.05, 4.69) is 12.2 Å². The molecule has 0 unspecified atom stereocenters. The third kappa shape index (κ3) is 3.81. The number of rotatable bonds is 5. The molecule has 2 aromatic rings. The largest absolute Gasteiger partial charge is 0.451 e. The number of hydrogen-bond acceptors (Lipinski definition) is 6. The molecule has 8 heteroatoms. The first-order chi connectivity index (χ1) is 12.4. The van der Waals surface area contributed by atoms with Crippen LogP contribution < -0.4 is 11.1 Å². The normalized spacial score (nSPS) is 16.0. The van der Waals surface area contributed by atoms with Crippen LogP contribution in [0.5, 0.6) is 0 Å². The minimum Gasteiger partial charge on any atom is -0.451 e. The summed E-state index contributed by atoms with van der Waals surface area (Å²) in [5, 5.41) is 4.93. The number of ether oxygens (including phenoxy) is 1. The van der Waals surface area contributed by atoms with E-state index in [4.69, 9.17) is 10.5 Å². The summed E-state index contributed by atoms with van der Waals surface area (Å²) in [5.41, 5.74) is 7.69. The summed E-state index contributed by atoms with van der Waals surface area (Å²) in [6, 6.07) is 1.82. The van der Waals surface area contributed by atoms with Crippen molar-refractivity contribution in [3.05, 3.63) is 37.9 Å². The van der Waals surface area contributed by atoms with E-state index < -0.39 is 24.4 Å². The van der Waals surface area contributed by atoms with Gasteiger partial charge < -0.3 is 15.8 Å². The van der Waals surface area contributed by atoms with Crippen molar-refractivity contribution in [2.75, 3.05) is 11.9 Å². The molecule has 0 bridgehead atoms. The Labute approximate surface area is 159 Å². The molecular weight excluding hydrogens is 372 g/mol. The molecular formula is C18H20N2O4S2. The molecule has 0 radical (unpaired) electrons. The lowest BCUT2D eigenvalue weighted by molar-refractivity contribution is -0.119. The fraction of sp³-hybridized carbons (Fsp3) is 0.389. The van der Waals surface area contributed by atoms with Crippen LogP contribution in [0, 0.1) is 12.8 Å². The summed E-state index contributed by atoms with van der Waals surface area (Å²) in [6.45, 7) is 3.56. The summed E-state index contributed by atoms with van der Waals surface area (Å²) >= 11 is 2.66. The monoisotopic (exact) mass is 392 g/mol. The average Bonchev–Trinajstić information content (AvgIpc) is 3.15. The quantitative estimate of drug-likeness (QED) is 0.764. The summed E-state index contributed by atoms with van der Waals surface area (Å²) in [5.74, 6) is -1.01. The fourth-order valence-electron chi connectivity index (χ4n) is 3.04. The first-order valence-electron chi connectivity index (χ1n) is 8.32. The fourth-order valence-corrected chi connectivity index (χ4v) is 5.29. The Balaban J connectivity index is 1.68. The molecule has 3 rings (SSSR count). The highest BCUT2D eigenvalue weighted by atomic mass is 32.1. The Morgan fingerprint density at radius 2 is 2.15 bits per heavy atom. The second kappa shape index (κ2) is 7.59. The van der Waals surface area contributed by atoms with Crippen LogP contribution in [0.4, 0.5) is 5.00 Å². The molecule has 2 amide bonds. The molecule has 0 spiro atoms. The molecule has 6 nitrogen and oxygen atoms in total. The van der Waals surface area contributed by atoms with E-state index >= 15 is 0 Å². The number of aryl methyl sites for hydroxylation is 1. The Hall–Kier alpha value is -2.19. The number of primary amides is 1. The third-order valence-corrected chi connectivity index (χ3v) is 6.56. The summed E-state index contributed by atoms with van der Waals surface area (Å²) in [4.78, 5) is 37.6. The second-order valence-corrected chi connectivity index (χ2v) is 8.50. The number of nitrogens with one attached hydrogen (secondary N) is 1. The van der Waals surface area contributed by atoms with Gasteiger partial charge in [0.25, 0.3) is 11.8 Å². The van der Waals surface area contributed by atoms with Crippen LogP contribution in [0.15, 0.2) is 11.4 Å². The molecule has 2 aromatic heterocycles. The third-order valence-electron chi connectivity index (χ3n) is 4.39. The van der Waals surface area contributed by atoms with Crippen LogP contribution in [0.25, 0.3) is 0 Å². The standard InChI is InChI=1S/C18H20N2O4S2/c1-9-3-4-11-12(7-9)26-17(14(11)16(19)22)20-13(21)8-24-18(23)15-10(2)5-6-25-15/h5-6,9H,3-4,7-8H2,1-2H3,(H2,19,22)(H,20,21)/t9-/m0/s1. The molecule has 3 N–H and O–H groups in total. The molecule has 1 aliphatic rings. The highest BCUT2D eigenvalue weighted by Gasteiger charge is 2.27. The number of esters is 1. The first kappa shape index (κ1) is 18.6. The van der Waals surface area contributed by atoms with Gasteiger partial charge in [-0.25, -0.2) is 4.79 Å². The highest BCUT2D eigenvalue weighted by Crippen LogP contribution is 2.39. The van der Waals surface area contributed by atoms with Crippen LogP contribution in [-0.4, -0.2) is 24.4 Å². The zero-order valence-electron chi connectivity index (χ0n) is 14.6. The number of nitrogens with two attached hydrogens (primary N) is 1. The number of hydrogen-bond donors (Lipinski definition) is 2. The minimum atomic E-state index is -0.543. The van der Waals surface area contributed by atoms with E-state index in [-0.39, 0.29) is 0 Å². The molecule has 0 fully saturated rings. The van der Waals surface area contributed by atoms with Crippen LogP contribution in [0.2, 0.25) is 0 Å². The van der Waals surface area contributed by atoms with Gasteiger partial charge in [-0.3, -0.25) is 9.59 Å². The summed E-state index contributed by atoms with van der Waals surface area (Å²) in [7, 11) is 0. The van der Waals surface area contributed by atoms with Crippen molar-refractivity contribution in [3.63, 3.8) is 0 Å². The van der Waals surface area contributed by atoms with E-state index in [1.807, 2.05) is 13.0 Å². The van der Waals surface area contributed by atoms with Crippen LogP contribution in [-0.2, 0) is 22.4 Å². The summed E-state index contributed by atoms with van der Waals surface area (Å²) < 4.78 is 5.07. The molecule has 138 valence electrons. The maximum absolute atomic E-state index is 12.2. The smallest absolute Gasteiger partial charge is 0.349 e. The number of carbonyl (C=O) groups excluding carboxylic acids is 3. The predicted molar refractivity (Wildman–Crippen MR) is 102 cm³/mol. The van der Waals surface area contributed by atoms with Gasteiger partial charge in [-0.1, -0.05) is 6.92 Å². The second-order valence-electron chi connectivity index (χ2n) is 6.48. The summed E-state index contributed by atoms with van der Waals surface area (Å²) in [6.07, 6.45) is 2.66. The lowest BCUT2D eigenvalue weighted by Crippen LogP contribution is -2.23. The van der Waals surface area contributed by atoms with E-state index in [1.165, 1.54) is 22.7 Å². The zero-order chi connectivity index (χ0) is 18.8. The van der Waals surface area contributed by atoms with Gasteiger partial charge in [0.1, 0.15) is 9.88 Å². The molecule has 0 saturated heterocycles. The topological polar surface area (TPSA) is 98.5 Å². The molecule has 2 heterocycles. The SMILES string of the molecule is Cc1ccsc1C(=O)OCC(=O)Nc1sc2c(c1C(N)=O)CC[C@H](C)C2. The van der Waals surface area contributed by atoms with Crippen LogP contribution in [0.3, 0.4) is 0 Å². The number of anilines is 1. The van der Waals surface area contributed by atoms with Crippen molar-refractivity contribution in [2.45, 2.75) is 33.1 Å². The highest BCUT2D eigenvalue weighted by molar-refractivity contribution is 7.17. The predicted octanol–water partition coefficient (Wildman–Crippen LogP) is 3.14. The van der Waals surface area contributed by atoms with Crippen molar-refractivity contribution in [3.8, 4) is 0 Å². The van der Waals surface area contributed by atoms with Crippen LogP contribution in [0.1, 0.15) is 49.4 Å². The number of carbonyl (C=O) groups is 3. The Kier molecular flexibility index (Phi) is 5.43. The number of amides is 2. The maximum Gasteiger partial charge on any atom is 0.349 e. The minimum absolute atomic E-state index is 0.394. The van der Waals surface area contributed by atoms with E-state index in [1.54, 1.807) is 5.38 Å². The van der Waals surface area contributed by atoms with Crippen molar-refractivity contribution < 1.29 is 19.1 Å². The lowest BCUT2D eigenvalue weighted by Gasteiger charge is -2.18. The van der Waals surface area contributed by atoms with Gasteiger partial charge in [0.2, 0.25) is 0 Å². The van der Waals surface area contributed by atoms with Crippen molar-refractivity contribution in [1.82, 2.24) is 0 Å².